The van der Waals surface area contributed by atoms with Crippen molar-refractivity contribution in [3.8, 4) is 0 Å². The van der Waals surface area contributed by atoms with Crippen molar-refractivity contribution in [1.29, 1.82) is 0 Å². The second kappa shape index (κ2) is 5.21. The average molecular weight is 266 g/mol. The molecule has 84 valence electrons. The van der Waals surface area contributed by atoms with Crippen molar-refractivity contribution in [1.82, 2.24) is 4.72 Å². The Kier molecular flexibility index (Phi) is 4.45. The molecule has 0 saturated carbocycles. The molecule has 0 spiro atoms. The van der Waals surface area contributed by atoms with Gasteiger partial charge in [-0.25, -0.2) is 13.1 Å². The van der Waals surface area contributed by atoms with Crippen molar-refractivity contribution < 1.29 is 8.42 Å². The zero-order chi connectivity index (χ0) is 11.5. The van der Waals surface area contributed by atoms with Gasteiger partial charge in [-0.15, -0.1) is 0 Å². The fraction of sp³-hybridized carbons (Fsp3) is 0.333. The van der Waals surface area contributed by atoms with Crippen LogP contribution in [-0.2, 0) is 10.0 Å². The normalized spacial score (nSPS) is 13.8. The molecule has 15 heavy (non-hydrogen) atoms. The third-order valence-electron chi connectivity index (χ3n) is 1.75. The van der Waals surface area contributed by atoms with Crippen LogP contribution in [0.4, 0.5) is 0 Å². The van der Waals surface area contributed by atoms with Crippen LogP contribution in [0.2, 0.25) is 5.02 Å². The van der Waals surface area contributed by atoms with E-state index in [1.807, 2.05) is 0 Å². The first-order valence-electron chi connectivity index (χ1n) is 4.34. The van der Waals surface area contributed by atoms with Crippen molar-refractivity contribution in [2.45, 2.75) is 17.9 Å². The summed E-state index contributed by atoms with van der Waals surface area (Å²) >= 11 is 9.68. The van der Waals surface area contributed by atoms with E-state index in [4.69, 9.17) is 11.6 Å². The monoisotopic (exact) mass is 265 g/mol. The highest BCUT2D eigenvalue weighted by molar-refractivity contribution is 7.89. The summed E-state index contributed by atoms with van der Waals surface area (Å²) in [6.45, 7) is 1.75. The van der Waals surface area contributed by atoms with Gasteiger partial charge >= 0.3 is 0 Å². The third-order valence-corrected chi connectivity index (χ3v) is 4.16. The number of hydrogen-bond acceptors (Lipinski definition) is 3. The predicted molar refractivity (Wildman–Crippen MR) is 65.1 cm³/mol. The Balaban J connectivity index is 2.91. The van der Waals surface area contributed by atoms with Gasteiger partial charge in [-0.2, -0.15) is 12.6 Å². The van der Waals surface area contributed by atoms with Crippen LogP contribution in [-0.4, -0.2) is 20.2 Å². The molecule has 0 radical (unpaired) electrons. The van der Waals surface area contributed by atoms with Crippen LogP contribution in [0.1, 0.15) is 6.92 Å². The molecule has 1 aromatic rings. The molecule has 0 bridgehead atoms. The highest BCUT2D eigenvalue weighted by atomic mass is 35.5. The molecule has 6 heteroatoms. The molecule has 1 atom stereocenters. The predicted octanol–water partition coefficient (Wildman–Crippen LogP) is 1.94. The Morgan fingerprint density at radius 3 is 2.40 bits per heavy atom. The molecule has 0 fully saturated rings. The summed E-state index contributed by atoms with van der Waals surface area (Å²) in [4.78, 5) is 0.209. The maximum atomic E-state index is 11.7. The molecule has 0 aliphatic rings. The summed E-state index contributed by atoms with van der Waals surface area (Å²) in [5, 5.41) is 0.510. The second-order valence-corrected chi connectivity index (χ2v) is 5.67. The van der Waals surface area contributed by atoms with Crippen LogP contribution in [0.15, 0.2) is 29.2 Å². The number of halogens is 1. The average Bonchev–Trinajstić information content (AvgIpc) is 2.17. The Bertz CT molecular complexity index is 416. The molecule has 0 aromatic heterocycles. The first kappa shape index (κ1) is 12.8. The number of nitrogens with one attached hydrogen (secondary N) is 1. The van der Waals surface area contributed by atoms with Gasteiger partial charge in [-0.3, -0.25) is 0 Å². The van der Waals surface area contributed by atoms with Gasteiger partial charge in [0.25, 0.3) is 0 Å². The van der Waals surface area contributed by atoms with E-state index in [0.29, 0.717) is 10.8 Å². The maximum absolute atomic E-state index is 11.7. The Morgan fingerprint density at radius 2 is 1.93 bits per heavy atom. The minimum Gasteiger partial charge on any atom is -0.208 e. The van der Waals surface area contributed by atoms with Crippen LogP contribution < -0.4 is 4.72 Å². The van der Waals surface area contributed by atoms with Crippen molar-refractivity contribution in [2.75, 3.05) is 5.75 Å². The van der Waals surface area contributed by atoms with Crippen LogP contribution in [0.25, 0.3) is 0 Å². The van der Waals surface area contributed by atoms with Crippen LogP contribution >= 0.6 is 24.2 Å². The second-order valence-electron chi connectivity index (χ2n) is 3.16. The largest absolute Gasteiger partial charge is 0.240 e. The van der Waals surface area contributed by atoms with Gasteiger partial charge in [-0.05, 0) is 31.2 Å². The molecule has 1 rings (SSSR count). The lowest BCUT2D eigenvalue weighted by atomic mass is 10.4. The fourth-order valence-corrected chi connectivity index (χ4v) is 2.57. The Hall–Kier alpha value is -0.230. The van der Waals surface area contributed by atoms with E-state index in [1.165, 1.54) is 12.1 Å². The summed E-state index contributed by atoms with van der Waals surface area (Å²) in [6.07, 6.45) is 0. The molecule has 0 saturated heterocycles. The van der Waals surface area contributed by atoms with Crippen molar-refractivity contribution in [3.63, 3.8) is 0 Å². The molecule has 0 amide bonds. The smallest absolute Gasteiger partial charge is 0.208 e. The quantitative estimate of drug-likeness (QED) is 0.818. The number of benzene rings is 1. The standard InChI is InChI=1S/C9H12ClNO2S2/c1-7(6-14)11-15(12,13)9-4-2-8(10)3-5-9/h2-5,7,11,14H,6H2,1H3/t7-/m1/s1. The van der Waals surface area contributed by atoms with Gasteiger partial charge < -0.3 is 0 Å². The molecule has 3 nitrogen and oxygen atoms in total. The number of sulfonamides is 1. The highest BCUT2D eigenvalue weighted by Crippen LogP contribution is 2.14. The van der Waals surface area contributed by atoms with E-state index in [2.05, 4.69) is 17.4 Å². The van der Waals surface area contributed by atoms with Gasteiger partial charge in [-0.1, -0.05) is 11.6 Å². The molecule has 1 N–H and O–H groups in total. The Morgan fingerprint density at radius 1 is 1.40 bits per heavy atom. The maximum Gasteiger partial charge on any atom is 0.240 e. The van der Waals surface area contributed by atoms with E-state index < -0.39 is 10.0 Å². The van der Waals surface area contributed by atoms with E-state index >= 15 is 0 Å². The first-order valence-corrected chi connectivity index (χ1v) is 6.84. The number of hydrogen-bond donors (Lipinski definition) is 2. The number of rotatable bonds is 4. The molecule has 0 heterocycles. The van der Waals surface area contributed by atoms with Crippen molar-refractivity contribution in [2.24, 2.45) is 0 Å². The van der Waals surface area contributed by atoms with Crippen molar-refractivity contribution >= 4 is 34.3 Å². The van der Waals surface area contributed by atoms with Crippen LogP contribution in [0.3, 0.4) is 0 Å². The van der Waals surface area contributed by atoms with Gasteiger partial charge in [0.1, 0.15) is 0 Å². The number of thiol groups is 1. The molecule has 0 unspecified atom stereocenters. The van der Waals surface area contributed by atoms with Gasteiger partial charge in [0.2, 0.25) is 10.0 Å². The van der Waals surface area contributed by atoms with E-state index in [-0.39, 0.29) is 10.9 Å². The summed E-state index contributed by atoms with van der Waals surface area (Å²) in [6, 6.07) is 5.82. The summed E-state index contributed by atoms with van der Waals surface area (Å²) in [7, 11) is -3.45. The fourth-order valence-electron chi connectivity index (χ4n) is 0.984. The molecule has 0 aliphatic heterocycles. The van der Waals surface area contributed by atoms with Crippen LogP contribution in [0, 0.1) is 0 Å². The Labute approximate surface area is 100 Å². The minimum atomic E-state index is -3.45. The first-order chi connectivity index (χ1) is 6.95. The van der Waals surface area contributed by atoms with E-state index in [9.17, 15) is 8.42 Å². The van der Waals surface area contributed by atoms with E-state index in [0.717, 1.165) is 0 Å². The van der Waals surface area contributed by atoms with Crippen LogP contribution in [0.5, 0.6) is 0 Å². The van der Waals surface area contributed by atoms with Gasteiger partial charge in [0.05, 0.1) is 4.90 Å². The lowest BCUT2D eigenvalue weighted by molar-refractivity contribution is 0.571. The topological polar surface area (TPSA) is 46.2 Å². The highest BCUT2D eigenvalue weighted by Gasteiger charge is 2.15. The zero-order valence-electron chi connectivity index (χ0n) is 8.14. The third kappa shape index (κ3) is 3.68. The SMILES string of the molecule is C[C@H](CS)NS(=O)(=O)c1ccc(Cl)cc1. The van der Waals surface area contributed by atoms with Crippen molar-refractivity contribution in [3.05, 3.63) is 29.3 Å². The summed E-state index contributed by atoms with van der Waals surface area (Å²) < 4.78 is 25.9. The molecule has 1 aromatic carbocycles. The zero-order valence-corrected chi connectivity index (χ0v) is 10.6. The lowest BCUT2D eigenvalue weighted by Crippen LogP contribution is -2.33. The van der Waals surface area contributed by atoms with E-state index in [1.54, 1.807) is 19.1 Å². The summed E-state index contributed by atoms with van der Waals surface area (Å²) in [5.41, 5.74) is 0. The van der Waals surface area contributed by atoms with Gasteiger partial charge in [0.15, 0.2) is 0 Å². The lowest BCUT2D eigenvalue weighted by Gasteiger charge is -2.11. The molecular formula is C9H12ClNO2S2. The molecular weight excluding hydrogens is 254 g/mol. The molecule has 0 aliphatic carbocycles. The summed E-state index contributed by atoms with van der Waals surface area (Å²) in [5.74, 6) is 0.451. The minimum absolute atomic E-state index is 0.200. The van der Waals surface area contributed by atoms with Gasteiger partial charge in [0, 0.05) is 16.8 Å².